The smallest absolute Gasteiger partial charge is 0.481 e. The standard InChI is InChI=1S/C20H22N6O4S2.2C2HF3O2/c1-30-17-5-4-16-15(24-17)9-18(31-16)32(28,29)25-14-6-7-26(20(14)27)10-12-8-11(19(22)23)2-3-13(12)21;2*3-2(4,5)1(6)7/h2-5,8-9,14,25H,6-7,10,21H2,1H3,(H3,22,23);2*(H,6,7)/t14-;;/m0../s1. The van der Waals surface area contributed by atoms with Crippen LogP contribution in [0, 0.1) is 5.41 Å². The number of carbonyl (C=O) groups excluding carboxylic acids is 1. The van der Waals surface area contributed by atoms with Gasteiger partial charge in [-0.05, 0) is 42.3 Å². The Balaban J connectivity index is 0.000000440. The van der Waals surface area contributed by atoms with E-state index in [1.165, 1.54) is 13.2 Å². The number of nitrogen functional groups attached to an aromatic ring is 2. The minimum atomic E-state index is -5.08. The number of carbonyl (C=O) groups is 3. The molecule has 0 aliphatic carbocycles. The summed E-state index contributed by atoms with van der Waals surface area (Å²) in [5.41, 5.74) is 13.7. The maximum absolute atomic E-state index is 12.9. The molecule has 3 aromatic rings. The summed E-state index contributed by atoms with van der Waals surface area (Å²) in [6, 6.07) is 8.94. The van der Waals surface area contributed by atoms with Crippen molar-refractivity contribution in [3.8, 4) is 5.88 Å². The maximum atomic E-state index is 12.9. The minimum Gasteiger partial charge on any atom is -0.481 e. The number of halogens is 6. The molecule has 1 aliphatic rings. The maximum Gasteiger partial charge on any atom is 0.490 e. The molecule has 1 aliphatic heterocycles. The Morgan fingerprint density at radius 2 is 1.67 bits per heavy atom. The number of nitrogens with one attached hydrogen (secondary N) is 2. The van der Waals surface area contributed by atoms with E-state index in [0.717, 1.165) is 11.3 Å². The van der Waals surface area contributed by atoms with Crippen LogP contribution in [0.25, 0.3) is 10.2 Å². The van der Waals surface area contributed by atoms with Crippen LogP contribution < -0.4 is 20.9 Å². The Morgan fingerprint density at radius 1 is 1.11 bits per heavy atom. The lowest BCUT2D eigenvalue weighted by Gasteiger charge is -2.19. The Morgan fingerprint density at radius 3 is 2.17 bits per heavy atom. The van der Waals surface area contributed by atoms with E-state index in [4.69, 9.17) is 41.4 Å². The van der Waals surface area contributed by atoms with Crippen LogP contribution in [0.4, 0.5) is 32.0 Å². The van der Waals surface area contributed by atoms with Crippen molar-refractivity contribution in [2.45, 2.75) is 35.6 Å². The highest BCUT2D eigenvalue weighted by Crippen LogP contribution is 2.30. The van der Waals surface area contributed by atoms with Crippen molar-refractivity contribution in [1.82, 2.24) is 14.6 Å². The number of fused-ring (bicyclic) bond motifs is 1. The number of carboxylic acids is 2. The molecule has 4 rings (SSSR count). The van der Waals surface area contributed by atoms with Gasteiger partial charge < -0.3 is 31.3 Å². The van der Waals surface area contributed by atoms with Crippen LogP contribution in [0.2, 0.25) is 0 Å². The lowest BCUT2D eigenvalue weighted by Crippen LogP contribution is -2.41. The summed E-state index contributed by atoms with van der Waals surface area (Å²) in [4.78, 5) is 36.5. The van der Waals surface area contributed by atoms with E-state index in [2.05, 4.69) is 9.71 Å². The van der Waals surface area contributed by atoms with Gasteiger partial charge in [0.15, 0.2) is 0 Å². The highest BCUT2D eigenvalue weighted by molar-refractivity contribution is 7.91. The normalized spacial score (nSPS) is 15.0. The number of benzene rings is 1. The molecule has 0 spiro atoms. The first kappa shape index (κ1) is 37.5. The fourth-order valence-electron chi connectivity index (χ4n) is 3.50. The van der Waals surface area contributed by atoms with Crippen molar-refractivity contribution in [2.75, 3.05) is 19.4 Å². The number of alkyl halides is 6. The number of carboxylic acid groups (broad SMARTS) is 2. The van der Waals surface area contributed by atoms with E-state index in [-0.39, 0.29) is 22.5 Å². The molecule has 1 atom stereocenters. The van der Waals surface area contributed by atoms with Gasteiger partial charge in [0, 0.05) is 30.4 Å². The van der Waals surface area contributed by atoms with Crippen LogP contribution in [0.3, 0.4) is 0 Å². The Bertz CT molecular complexity index is 1710. The number of amides is 1. The third-order valence-electron chi connectivity index (χ3n) is 5.69. The van der Waals surface area contributed by atoms with Gasteiger partial charge in [-0.2, -0.15) is 31.1 Å². The first-order chi connectivity index (χ1) is 21.1. The lowest BCUT2D eigenvalue weighted by molar-refractivity contribution is -0.193. The van der Waals surface area contributed by atoms with E-state index in [0.29, 0.717) is 45.9 Å². The van der Waals surface area contributed by atoms with E-state index < -0.39 is 40.4 Å². The number of amidine groups is 1. The number of ether oxygens (including phenoxy) is 1. The highest BCUT2D eigenvalue weighted by atomic mass is 32.2. The van der Waals surface area contributed by atoms with Crippen molar-refractivity contribution in [3.63, 3.8) is 0 Å². The number of nitrogens with zero attached hydrogens (tertiary/aromatic N) is 2. The number of rotatable bonds is 7. The molecule has 252 valence electrons. The zero-order valence-corrected chi connectivity index (χ0v) is 24.8. The number of sulfonamides is 1. The quantitative estimate of drug-likeness (QED) is 0.0905. The average molecular weight is 703 g/mol. The number of hydrogen-bond acceptors (Lipinski definition) is 10. The second kappa shape index (κ2) is 14.6. The summed E-state index contributed by atoms with van der Waals surface area (Å²) in [6.45, 7) is 0.581. The number of anilines is 1. The van der Waals surface area contributed by atoms with Gasteiger partial charge in [0.05, 0.1) is 17.3 Å². The third kappa shape index (κ3) is 10.2. The highest BCUT2D eigenvalue weighted by Gasteiger charge is 2.39. The van der Waals surface area contributed by atoms with Crippen LogP contribution in [0.1, 0.15) is 17.5 Å². The first-order valence-corrected chi connectivity index (χ1v) is 14.5. The van der Waals surface area contributed by atoms with Crippen LogP contribution in [-0.2, 0) is 31.0 Å². The summed E-state index contributed by atoms with van der Waals surface area (Å²) < 4.78 is 97.7. The van der Waals surface area contributed by atoms with Crippen molar-refractivity contribution in [3.05, 3.63) is 47.5 Å². The summed E-state index contributed by atoms with van der Waals surface area (Å²) in [7, 11) is -2.42. The fourth-order valence-corrected chi connectivity index (χ4v) is 6.06. The monoisotopic (exact) mass is 702 g/mol. The molecule has 8 N–H and O–H groups in total. The molecular weight excluding hydrogens is 678 g/mol. The third-order valence-corrected chi connectivity index (χ3v) is 8.73. The van der Waals surface area contributed by atoms with Gasteiger partial charge >= 0.3 is 24.3 Å². The Labute approximate surface area is 259 Å². The summed E-state index contributed by atoms with van der Waals surface area (Å²) in [5.74, 6) is -5.55. The molecule has 1 saturated heterocycles. The van der Waals surface area contributed by atoms with Gasteiger partial charge in [0.2, 0.25) is 11.8 Å². The van der Waals surface area contributed by atoms with E-state index in [1.54, 1.807) is 35.2 Å². The van der Waals surface area contributed by atoms with Gasteiger partial charge in [-0.1, -0.05) is 0 Å². The van der Waals surface area contributed by atoms with E-state index in [1.807, 2.05) is 0 Å². The van der Waals surface area contributed by atoms with Gasteiger partial charge in [0.1, 0.15) is 16.1 Å². The SMILES string of the molecule is COc1ccc2sc(S(=O)(=O)N[C@H]3CCN(Cc4cc(C(=N)N)ccc4N)C3=O)cc2n1.O=C(O)C(F)(F)F.O=C(O)C(F)(F)F. The molecule has 2 aromatic heterocycles. The summed E-state index contributed by atoms with van der Waals surface area (Å²) in [5, 5.41) is 21.8. The number of hydrogen-bond donors (Lipinski definition) is 6. The number of thiophene rings is 1. The number of methoxy groups -OCH3 is 1. The molecular formula is C24H24F6N6O8S2. The van der Waals surface area contributed by atoms with Crippen LogP contribution in [-0.4, -0.2) is 84.2 Å². The molecule has 1 fully saturated rings. The number of pyridine rings is 1. The van der Waals surface area contributed by atoms with Gasteiger partial charge in [-0.3, -0.25) is 10.2 Å². The molecule has 1 aromatic carbocycles. The zero-order valence-electron chi connectivity index (χ0n) is 23.1. The van der Waals surface area contributed by atoms with Crippen molar-refractivity contribution >= 4 is 60.9 Å². The molecule has 0 radical (unpaired) electrons. The average Bonchev–Trinajstić information content (AvgIpc) is 3.53. The summed E-state index contributed by atoms with van der Waals surface area (Å²) >= 11 is 1.08. The molecule has 0 unspecified atom stereocenters. The molecule has 22 heteroatoms. The molecule has 14 nitrogen and oxygen atoms in total. The van der Waals surface area contributed by atoms with Gasteiger partial charge in [-0.25, -0.2) is 23.0 Å². The molecule has 46 heavy (non-hydrogen) atoms. The number of aliphatic carboxylic acids is 2. The Hall–Kier alpha value is -4.70. The first-order valence-electron chi connectivity index (χ1n) is 12.2. The molecule has 1 amide bonds. The topological polar surface area (TPSA) is 239 Å². The van der Waals surface area contributed by atoms with E-state index in [9.17, 15) is 39.6 Å². The second-order valence-electron chi connectivity index (χ2n) is 8.96. The summed E-state index contributed by atoms with van der Waals surface area (Å²) in [6.07, 6.45) is -9.83. The van der Waals surface area contributed by atoms with Crippen LogP contribution >= 0.6 is 11.3 Å². The predicted octanol–water partition coefficient (Wildman–Crippen LogP) is 2.52. The lowest BCUT2D eigenvalue weighted by atomic mass is 10.1. The van der Waals surface area contributed by atoms with E-state index >= 15 is 0 Å². The van der Waals surface area contributed by atoms with Gasteiger partial charge in [0.25, 0.3) is 10.0 Å². The molecule has 3 heterocycles. The Kier molecular flexibility index (Phi) is 11.9. The van der Waals surface area contributed by atoms with Crippen LogP contribution in [0.15, 0.2) is 40.6 Å². The van der Waals surface area contributed by atoms with Crippen molar-refractivity contribution in [2.24, 2.45) is 5.73 Å². The molecule has 0 saturated carbocycles. The number of nitrogens with two attached hydrogens (primary N) is 2. The van der Waals surface area contributed by atoms with Gasteiger partial charge in [-0.15, -0.1) is 11.3 Å². The predicted molar refractivity (Wildman–Crippen MR) is 150 cm³/mol. The number of likely N-dealkylation sites (tertiary alicyclic amines) is 1. The second-order valence-corrected chi connectivity index (χ2v) is 12.0. The number of aromatic nitrogens is 1. The van der Waals surface area contributed by atoms with Crippen molar-refractivity contribution in [1.29, 1.82) is 5.41 Å². The largest absolute Gasteiger partial charge is 0.490 e. The molecule has 0 bridgehead atoms. The zero-order chi connectivity index (χ0) is 35.2. The van der Waals surface area contributed by atoms with Crippen LogP contribution in [0.5, 0.6) is 5.88 Å². The fraction of sp³-hybridized carbons (Fsp3) is 0.292. The van der Waals surface area contributed by atoms with Crippen molar-refractivity contribution < 1.29 is 64.1 Å². The minimum absolute atomic E-state index is 0.0814.